The monoisotopic (exact) mass is 431 g/mol. The zero-order valence-electron chi connectivity index (χ0n) is 16.7. The van der Waals surface area contributed by atoms with Crippen molar-refractivity contribution in [3.8, 4) is 5.75 Å². The van der Waals surface area contributed by atoms with Crippen molar-refractivity contribution in [3.63, 3.8) is 0 Å². The number of aryl methyl sites for hydroxylation is 1. The molecule has 0 fully saturated rings. The van der Waals surface area contributed by atoms with Crippen LogP contribution in [-0.4, -0.2) is 33.9 Å². The third kappa shape index (κ3) is 5.80. The van der Waals surface area contributed by atoms with E-state index in [-0.39, 0.29) is 29.7 Å². The molecule has 0 radical (unpaired) electrons. The van der Waals surface area contributed by atoms with Gasteiger partial charge < -0.3 is 15.4 Å². The molecule has 0 atom stereocenters. The van der Waals surface area contributed by atoms with Gasteiger partial charge in [-0.1, -0.05) is 12.1 Å². The van der Waals surface area contributed by atoms with Crippen molar-refractivity contribution in [2.75, 3.05) is 19.0 Å². The van der Waals surface area contributed by atoms with Crippen molar-refractivity contribution in [3.05, 3.63) is 53.6 Å². The van der Waals surface area contributed by atoms with Crippen LogP contribution in [0.2, 0.25) is 0 Å². The van der Waals surface area contributed by atoms with Gasteiger partial charge in [0.25, 0.3) is 0 Å². The Labute approximate surface area is 176 Å². The van der Waals surface area contributed by atoms with E-state index in [1.54, 1.807) is 19.2 Å². The average molecular weight is 432 g/mol. The van der Waals surface area contributed by atoms with E-state index < -0.39 is 10.0 Å². The fraction of sp³-hybridized carbons (Fsp3) is 0.333. The Balaban J connectivity index is 1.42. The van der Waals surface area contributed by atoms with Crippen molar-refractivity contribution < 1.29 is 22.7 Å². The summed E-state index contributed by atoms with van der Waals surface area (Å²) in [7, 11) is -2.08. The van der Waals surface area contributed by atoms with Crippen molar-refractivity contribution in [1.29, 1.82) is 0 Å². The van der Waals surface area contributed by atoms with Gasteiger partial charge in [-0.05, 0) is 54.3 Å². The number of sulfonamides is 1. The van der Waals surface area contributed by atoms with Gasteiger partial charge >= 0.3 is 0 Å². The van der Waals surface area contributed by atoms with Gasteiger partial charge in [0.15, 0.2) is 0 Å². The largest absolute Gasteiger partial charge is 0.497 e. The molecule has 2 aromatic rings. The highest BCUT2D eigenvalue weighted by atomic mass is 32.2. The first-order valence-electron chi connectivity index (χ1n) is 9.69. The summed E-state index contributed by atoms with van der Waals surface area (Å²) in [5.41, 5.74) is 2.41. The summed E-state index contributed by atoms with van der Waals surface area (Å²) in [5, 5.41) is 5.54. The van der Waals surface area contributed by atoms with E-state index in [0.717, 1.165) is 16.9 Å². The molecular formula is C21H25N3O5S. The smallest absolute Gasteiger partial charge is 0.240 e. The van der Waals surface area contributed by atoms with E-state index in [2.05, 4.69) is 15.4 Å². The number of carbonyl (C=O) groups is 2. The van der Waals surface area contributed by atoms with E-state index >= 15 is 0 Å². The van der Waals surface area contributed by atoms with E-state index in [9.17, 15) is 18.0 Å². The normalized spacial score (nSPS) is 13.3. The number of hydrogen-bond acceptors (Lipinski definition) is 5. The Morgan fingerprint density at radius 3 is 2.63 bits per heavy atom. The van der Waals surface area contributed by atoms with Gasteiger partial charge in [-0.3, -0.25) is 9.59 Å². The quantitative estimate of drug-likeness (QED) is 0.525. The third-order valence-electron chi connectivity index (χ3n) is 4.80. The second kappa shape index (κ2) is 9.73. The van der Waals surface area contributed by atoms with Crippen LogP contribution in [0.1, 0.15) is 30.4 Å². The van der Waals surface area contributed by atoms with Gasteiger partial charge in [0.05, 0.1) is 12.0 Å². The number of ether oxygens (including phenoxy) is 1. The van der Waals surface area contributed by atoms with Crippen molar-refractivity contribution in [2.24, 2.45) is 0 Å². The maximum atomic E-state index is 12.5. The van der Waals surface area contributed by atoms with E-state index in [4.69, 9.17) is 4.74 Å². The van der Waals surface area contributed by atoms with Crippen LogP contribution in [0.25, 0.3) is 0 Å². The molecule has 2 aromatic carbocycles. The number of nitrogens with one attached hydrogen (secondary N) is 3. The zero-order chi connectivity index (χ0) is 21.6. The molecule has 1 heterocycles. The second-order valence-corrected chi connectivity index (χ2v) is 8.76. The first-order chi connectivity index (χ1) is 14.4. The molecule has 0 bridgehead atoms. The molecular weight excluding hydrogens is 406 g/mol. The second-order valence-electron chi connectivity index (χ2n) is 6.99. The highest BCUT2D eigenvalue weighted by Crippen LogP contribution is 2.25. The fourth-order valence-electron chi connectivity index (χ4n) is 3.10. The third-order valence-corrected chi connectivity index (χ3v) is 6.26. The van der Waals surface area contributed by atoms with Crippen molar-refractivity contribution in [2.45, 2.75) is 37.1 Å². The topological polar surface area (TPSA) is 114 Å². The van der Waals surface area contributed by atoms with Crippen molar-refractivity contribution in [1.82, 2.24) is 10.0 Å². The molecule has 0 unspecified atom stereocenters. The minimum Gasteiger partial charge on any atom is -0.497 e. The van der Waals surface area contributed by atoms with Gasteiger partial charge in [-0.25, -0.2) is 13.1 Å². The minimum atomic E-state index is -3.67. The number of fused-ring (bicyclic) bond motifs is 1. The Kier molecular flexibility index (Phi) is 7.07. The van der Waals surface area contributed by atoms with Gasteiger partial charge in [-0.2, -0.15) is 0 Å². The SMILES string of the molecule is COc1ccc(CNC(=O)CCCNS(=O)(=O)c2ccc3c(c2)CCC(=O)N3)cc1. The van der Waals surface area contributed by atoms with Crippen LogP contribution >= 0.6 is 0 Å². The molecule has 1 aliphatic rings. The number of amides is 2. The van der Waals surface area contributed by atoms with Crippen LogP contribution in [0, 0.1) is 0 Å². The number of hydrogen-bond donors (Lipinski definition) is 3. The predicted octanol–water partition coefficient (Wildman–Crippen LogP) is 1.95. The molecule has 2 amide bonds. The first kappa shape index (κ1) is 21.8. The lowest BCUT2D eigenvalue weighted by Crippen LogP contribution is -2.28. The molecule has 9 heteroatoms. The number of anilines is 1. The summed E-state index contributed by atoms with van der Waals surface area (Å²) in [4.78, 5) is 23.5. The molecule has 30 heavy (non-hydrogen) atoms. The van der Waals surface area contributed by atoms with Crippen LogP contribution in [0.5, 0.6) is 5.75 Å². The summed E-state index contributed by atoms with van der Waals surface area (Å²) < 4.78 is 32.6. The Morgan fingerprint density at radius 1 is 1.13 bits per heavy atom. The standard InChI is InChI=1S/C21H25N3O5S/c1-29-17-7-4-15(5-8-17)14-22-20(25)3-2-12-23-30(27,28)18-9-10-19-16(13-18)6-11-21(26)24-19/h4-5,7-10,13,23H,2-3,6,11-12,14H2,1H3,(H,22,25)(H,24,26). The molecule has 0 saturated carbocycles. The zero-order valence-corrected chi connectivity index (χ0v) is 17.6. The lowest BCUT2D eigenvalue weighted by atomic mass is 10.0. The van der Waals surface area contributed by atoms with Crippen LogP contribution in [-0.2, 0) is 32.6 Å². The molecule has 0 saturated heterocycles. The summed E-state index contributed by atoms with van der Waals surface area (Å²) in [6.45, 7) is 0.562. The van der Waals surface area contributed by atoms with Crippen LogP contribution in [0.4, 0.5) is 5.69 Å². The molecule has 0 spiro atoms. The molecule has 1 aliphatic heterocycles. The Bertz CT molecular complexity index is 1020. The van der Waals surface area contributed by atoms with Crippen LogP contribution in [0.3, 0.4) is 0 Å². The van der Waals surface area contributed by atoms with E-state index in [1.807, 2.05) is 24.3 Å². The molecule has 0 aliphatic carbocycles. The summed E-state index contributed by atoms with van der Waals surface area (Å²) in [6, 6.07) is 12.0. The number of rotatable bonds is 9. The number of carbonyl (C=O) groups excluding carboxylic acids is 2. The minimum absolute atomic E-state index is 0.0681. The Morgan fingerprint density at radius 2 is 1.90 bits per heavy atom. The maximum absolute atomic E-state index is 12.5. The average Bonchev–Trinajstić information content (AvgIpc) is 2.75. The summed E-state index contributed by atoms with van der Waals surface area (Å²) in [5.74, 6) is 0.539. The lowest BCUT2D eigenvalue weighted by molar-refractivity contribution is -0.121. The van der Waals surface area contributed by atoms with Gasteiger partial charge in [0, 0.05) is 31.6 Å². The molecule has 160 valence electrons. The number of methoxy groups -OCH3 is 1. The summed E-state index contributed by atoms with van der Waals surface area (Å²) in [6.07, 6.45) is 1.46. The molecule has 0 aromatic heterocycles. The van der Waals surface area contributed by atoms with Crippen LogP contribution < -0.4 is 20.1 Å². The highest BCUT2D eigenvalue weighted by Gasteiger charge is 2.19. The Hall–Kier alpha value is -2.91. The fourth-order valence-corrected chi connectivity index (χ4v) is 4.22. The predicted molar refractivity (Wildman–Crippen MR) is 113 cm³/mol. The molecule has 3 rings (SSSR count). The van der Waals surface area contributed by atoms with E-state index in [0.29, 0.717) is 31.5 Å². The molecule has 8 nitrogen and oxygen atoms in total. The number of benzene rings is 2. The van der Waals surface area contributed by atoms with Gasteiger partial charge in [0.1, 0.15) is 5.75 Å². The van der Waals surface area contributed by atoms with Crippen LogP contribution in [0.15, 0.2) is 47.4 Å². The summed E-state index contributed by atoms with van der Waals surface area (Å²) >= 11 is 0. The van der Waals surface area contributed by atoms with Gasteiger partial charge in [0.2, 0.25) is 21.8 Å². The van der Waals surface area contributed by atoms with Gasteiger partial charge in [-0.15, -0.1) is 0 Å². The lowest BCUT2D eigenvalue weighted by Gasteiger charge is -2.17. The first-order valence-corrected chi connectivity index (χ1v) is 11.2. The highest BCUT2D eigenvalue weighted by molar-refractivity contribution is 7.89. The van der Waals surface area contributed by atoms with Crippen molar-refractivity contribution >= 4 is 27.5 Å². The van der Waals surface area contributed by atoms with E-state index in [1.165, 1.54) is 6.07 Å². The maximum Gasteiger partial charge on any atom is 0.240 e. The molecule has 3 N–H and O–H groups in total.